The minimum atomic E-state index is -0.486. The van der Waals surface area contributed by atoms with Crippen LogP contribution in [0.5, 0.6) is 0 Å². The molecule has 1 aliphatic rings. The maximum atomic E-state index is 13.7. The lowest BCUT2D eigenvalue weighted by Gasteiger charge is -2.13. The normalized spacial score (nSPS) is 14.7. The smallest absolute Gasteiger partial charge is 0.224 e. The summed E-state index contributed by atoms with van der Waals surface area (Å²) < 4.78 is 15.3. The average molecular weight is 253 g/mol. The van der Waals surface area contributed by atoms with Crippen LogP contribution in [-0.4, -0.2) is 19.5 Å². The number of rotatable bonds is 1. The highest BCUT2D eigenvalue weighted by molar-refractivity contribution is 6.28. The number of imidazole rings is 1. The second-order valence-corrected chi connectivity index (χ2v) is 4.36. The van der Waals surface area contributed by atoms with E-state index in [1.807, 2.05) is 0 Å². The molecule has 0 spiro atoms. The number of halogens is 2. The summed E-state index contributed by atoms with van der Waals surface area (Å²) in [6, 6.07) is 0. The van der Waals surface area contributed by atoms with E-state index >= 15 is 0 Å². The Morgan fingerprint density at radius 1 is 1.24 bits per heavy atom. The summed E-state index contributed by atoms with van der Waals surface area (Å²) in [7, 11) is 0. The average Bonchev–Trinajstić information content (AvgIpc) is 2.76. The summed E-state index contributed by atoms with van der Waals surface area (Å²) in [5.41, 5.74) is 2.07. The van der Waals surface area contributed by atoms with Crippen LogP contribution in [0, 0.1) is 5.82 Å². The highest BCUT2D eigenvalue weighted by Crippen LogP contribution is 2.23. The van der Waals surface area contributed by atoms with E-state index in [9.17, 15) is 4.39 Å². The van der Waals surface area contributed by atoms with Gasteiger partial charge >= 0.3 is 0 Å². The summed E-state index contributed by atoms with van der Waals surface area (Å²) in [6.45, 7) is 0. The Morgan fingerprint density at radius 2 is 2.06 bits per heavy atom. The van der Waals surface area contributed by atoms with Crippen molar-refractivity contribution in [1.82, 2.24) is 19.5 Å². The van der Waals surface area contributed by atoms with Gasteiger partial charge < -0.3 is 0 Å². The first kappa shape index (κ1) is 10.7. The van der Waals surface area contributed by atoms with Crippen LogP contribution < -0.4 is 0 Å². The summed E-state index contributed by atoms with van der Waals surface area (Å²) in [5.74, 6) is -0.305. The molecule has 17 heavy (non-hydrogen) atoms. The third kappa shape index (κ3) is 1.80. The molecule has 0 radical (unpaired) electrons. The molecule has 0 N–H and O–H groups in total. The van der Waals surface area contributed by atoms with Crippen molar-refractivity contribution in [3.8, 4) is 5.82 Å². The van der Waals surface area contributed by atoms with Crippen LogP contribution in [0.15, 0.2) is 12.5 Å². The Morgan fingerprint density at radius 3 is 2.94 bits per heavy atom. The number of aromatic nitrogens is 4. The molecule has 2 heterocycles. The molecule has 0 saturated heterocycles. The van der Waals surface area contributed by atoms with Gasteiger partial charge in [0.15, 0.2) is 11.6 Å². The molecule has 0 aliphatic heterocycles. The van der Waals surface area contributed by atoms with Gasteiger partial charge in [-0.1, -0.05) is 0 Å². The Kier molecular flexibility index (Phi) is 2.55. The fraction of sp³-hybridized carbons (Fsp3) is 0.364. The molecule has 2 aromatic rings. The van der Waals surface area contributed by atoms with Gasteiger partial charge in [0.25, 0.3) is 0 Å². The van der Waals surface area contributed by atoms with Crippen molar-refractivity contribution in [2.75, 3.05) is 0 Å². The van der Waals surface area contributed by atoms with Gasteiger partial charge in [-0.15, -0.1) is 0 Å². The van der Waals surface area contributed by atoms with E-state index in [0.717, 1.165) is 43.3 Å². The fourth-order valence-corrected chi connectivity index (χ4v) is 2.29. The molecule has 0 unspecified atom stereocenters. The maximum absolute atomic E-state index is 13.7. The van der Waals surface area contributed by atoms with E-state index in [1.54, 1.807) is 10.9 Å². The number of nitrogens with zero attached hydrogens (tertiary/aromatic N) is 4. The van der Waals surface area contributed by atoms with Crippen molar-refractivity contribution in [1.29, 1.82) is 0 Å². The van der Waals surface area contributed by atoms with Crippen LogP contribution in [0.25, 0.3) is 5.82 Å². The molecule has 0 amide bonds. The first-order chi connectivity index (χ1) is 8.25. The van der Waals surface area contributed by atoms with Crippen molar-refractivity contribution in [3.05, 3.63) is 35.0 Å². The Bertz CT molecular complexity index is 567. The molecule has 0 aromatic carbocycles. The third-order valence-electron chi connectivity index (χ3n) is 2.95. The highest BCUT2D eigenvalue weighted by atomic mass is 35.5. The Hall–Kier alpha value is -1.49. The zero-order chi connectivity index (χ0) is 11.8. The molecule has 3 rings (SSSR count). The molecule has 0 fully saturated rings. The van der Waals surface area contributed by atoms with Crippen molar-refractivity contribution >= 4 is 11.6 Å². The van der Waals surface area contributed by atoms with Crippen molar-refractivity contribution in [2.45, 2.75) is 25.7 Å². The first-order valence-corrected chi connectivity index (χ1v) is 5.87. The lowest BCUT2D eigenvalue weighted by atomic mass is 10.0. The minimum absolute atomic E-state index is 0.0414. The zero-order valence-corrected chi connectivity index (χ0v) is 9.78. The molecule has 88 valence electrons. The summed E-state index contributed by atoms with van der Waals surface area (Å²) in [6.07, 6.45) is 6.77. The second-order valence-electron chi connectivity index (χ2n) is 4.03. The number of hydrogen-bond acceptors (Lipinski definition) is 3. The van der Waals surface area contributed by atoms with Gasteiger partial charge in [0.05, 0.1) is 11.9 Å². The van der Waals surface area contributed by atoms with Crippen molar-refractivity contribution in [3.63, 3.8) is 0 Å². The summed E-state index contributed by atoms with van der Waals surface area (Å²) in [5, 5.41) is 0.0414. The van der Waals surface area contributed by atoms with Gasteiger partial charge in [-0.2, -0.15) is 4.98 Å². The van der Waals surface area contributed by atoms with Gasteiger partial charge in [0.2, 0.25) is 5.28 Å². The van der Waals surface area contributed by atoms with E-state index in [4.69, 9.17) is 11.6 Å². The molecule has 0 atom stereocenters. The quantitative estimate of drug-likeness (QED) is 0.732. The van der Waals surface area contributed by atoms with E-state index in [0.29, 0.717) is 0 Å². The molecule has 4 nitrogen and oxygen atoms in total. The SMILES string of the molecule is Fc1cnc(Cl)nc1-n1cnc2c1CCCC2. The van der Waals surface area contributed by atoms with Crippen LogP contribution in [0.4, 0.5) is 4.39 Å². The third-order valence-corrected chi connectivity index (χ3v) is 3.14. The first-order valence-electron chi connectivity index (χ1n) is 5.49. The Balaban J connectivity index is 2.15. The highest BCUT2D eigenvalue weighted by Gasteiger charge is 2.19. The molecule has 6 heteroatoms. The van der Waals surface area contributed by atoms with E-state index in [2.05, 4.69) is 15.0 Å². The molecule has 0 bridgehead atoms. The molecular formula is C11H10ClFN4. The molecule has 0 saturated carbocycles. The summed E-state index contributed by atoms with van der Waals surface area (Å²) >= 11 is 5.69. The van der Waals surface area contributed by atoms with Gasteiger partial charge in [-0.25, -0.2) is 14.4 Å². The van der Waals surface area contributed by atoms with E-state index < -0.39 is 5.82 Å². The predicted octanol–water partition coefficient (Wildman–Crippen LogP) is 2.33. The monoisotopic (exact) mass is 252 g/mol. The number of aryl methyl sites for hydroxylation is 1. The lowest BCUT2D eigenvalue weighted by Crippen LogP contribution is -2.09. The number of hydrogen-bond donors (Lipinski definition) is 0. The second kappa shape index (κ2) is 4.07. The van der Waals surface area contributed by atoms with E-state index in [1.165, 1.54) is 0 Å². The van der Waals surface area contributed by atoms with Crippen LogP contribution in [0.2, 0.25) is 5.28 Å². The van der Waals surface area contributed by atoms with Gasteiger partial charge in [-0.05, 0) is 37.3 Å². The summed E-state index contributed by atoms with van der Waals surface area (Å²) in [4.78, 5) is 11.8. The molecular weight excluding hydrogens is 243 g/mol. The van der Waals surface area contributed by atoms with Crippen LogP contribution in [0.1, 0.15) is 24.2 Å². The van der Waals surface area contributed by atoms with Gasteiger partial charge in [0, 0.05) is 5.69 Å². The topological polar surface area (TPSA) is 43.6 Å². The van der Waals surface area contributed by atoms with E-state index in [-0.39, 0.29) is 11.1 Å². The minimum Gasteiger partial charge on any atom is -0.285 e. The van der Waals surface area contributed by atoms with Crippen LogP contribution in [0.3, 0.4) is 0 Å². The molecule has 1 aliphatic carbocycles. The van der Waals surface area contributed by atoms with Gasteiger partial charge in [0.1, 0.15) is 6.33 Å². The number of fused-ring (bicyclic) bond motifs is 1. The largest absolute Gasteiger partial charge is 0.285 e. The van der Waals surface area contributed by atoms with Crippen LogP contribution >= 0.6 is 11.6 Å². The standard InChI is InChI=1S/C11H10ClFN4/c12-11-14-5-7(13)10(16-11)17-6-15-8-3-1-2-4-9(8)17/h5-6H,1-4H2. The maximum Gasteiger partial charge on any atom is 0.224 e. The van der Waals surface area contributed by atoms with Gasteiger partial charge in [-0.3, -0.25) is 4.57 Å². The van der Waals surface area contributed by atoms with Crippen molar-refractivity contribution < 1.29 is 4.39 Å². The predicted molar refractivity (Wildman–Crippen MR) is 60.8 cm³/mol. The Labute approximate surface area is 102 Å². The fourth-order valence-electron chi connectivity index (χ4n) is 2.16. The zero-order valence-electron chi connectivity index (χ0n) is 9.03. The molecule has 2 aromatic heterocycles. The van der Waals surface area contributed by atoms with Crippen LogP contribution in [-0.2, 0) is 12.8 Å². The van der Waals surface area contributed by atoms with Crippen molar-refractivity contribution in [2.24, 2.45) is 0 Å². The lowest BCUT2D eigenvalue weighted by molar-refractivity contribution is 0.592.